The number of pyridine rings is 1. The van der Waals surface area contributed by atoms with E-state index in [0.29, 0.717) is 73.4 Å². The fourth-order valence-corrected chi connectivity index (χ4v) is 5.36. The average Bonchev–Trinajstić information content (AvgIpc) is 3.03. The summed E-state index contributed by atoms with van der Waals surface area (Å²) in [4.78, 5) is 26.4. The van der Waals surface area contributed by atoms with Crippen molar-refractivity contribution in [3.63, 3.8) is 0 Å². The molecule has 11 heteroatoms. The number of carbonyl (C=O) groups is 1. The highest BCUT2D eigenvalue weighted by Crippen LogP contribution is 2.46. The van der Waals surface area contributed by atoms with Gasteiger partial charge in [-0.05, 0) is 42.7 Å². The van der Waals surface area contributed by atoms with Gasteiger partial charge in [0.25, 0.3) is 0 Å². The molecule has 0 saturated carbocycles. The van der Waals surface area contributed by atoms with Crippen LogP contribution < -0.4 is 25.4 Å². The number of para-hydroxylation sites is 1. The van der Waals surface area contributed by atoms with Gasteiger partial charge < -0.3 is 25.4 Å². The number of ether oxygens (including phenoxy) is 2. The number of halogens is 2. The zero-order chi connectivity index (χ0) is 31.2. The van der Waals surface area contributed by atoms with E-state index < -0.39 is 0 Å². The van der Waals surface area contributed by atoms with Gasteiger partial charge in [0.2, 0.25) is 11.9 Å². The number of benzene rings is 3. The number of methoxy groups -OCH3 is 2. The molecule has 44 heavy (non-hydrogen) atoms. The van der Waals surface area contributed by atoms with Gasteiger partial charge in [-0.2, -0.15) is 0 Å². The van der Waals surface area contributed by atoms with E-state index in [4.69, 9.17) is 42.6 Å². The Morgan fingerprint density at radius 3 is 2.39 bits per heavy atom. The standard InChI is InChI=1S/C33H30Cl2N6O3/c1-5-26(42)38-22-13-9-10-19(2)30(22)40-33-37-18-21-16-23(27-28(34)24(43-3)17-25(44-4)29(27)35)39-32(31(21)41-33)36-15-14-20-11-7-6-8-12-20/h5-13,16-18H,1,14-15H2,2-4H3,(H,36,39)(H,38,42)(H,37,40,41). The molecule has 0 radical (unpaired) electrons. The third-order valence-corrected chi connectivity index (χ3v) is 7.65. The number of amides is 1. The highest BCUT2D eigenvalue weighted by atomic mass is 35.5. The number of carbonyl (C=O) groups excluding carboxylic acids is 1. The fourth-order valence-electron chi connectivity index (χ4n) is 4.66. The third kappa shape index (κ3) is 6.54. The summed E-state index contributed by atoms with van der Waals surface area (Å²) >= 11 is 13.5. The third-order valence-electron chi connectivity index (χ3n) is 6.90. The van der Waals surface area contributed by atoms with Crippen LogP contribution in [0.4, 0.5) is 23.1 Å². The predicted molar refractivity (Wildman–Crippen MR) is 178 cm³/mol. The summed E-state index contributed by atoms with van der Waals surface area (Å²) in [5, 5.41) is 10.8. The van der Waals surface area contributed by atoms with Crippen molar-refractivity contribution >= 4 is 63.2 Å². The second kappa shape index (κ2) is 13.6. The molecule has 0 fully saturated rings. The van der Waals surface area contributed by atoms with Gasteiger partial charge in [-0.25, -0.2) is 15.0 Å². The van der Waals surface area contributed by atoms with Gasteiger partial charge in [-0.1, -0.05) is 72.2 Å². The van der Waals surface area contributed by atoms with Crippen LogP contribution in [0.25, 0.3) is 22.2 Å². The smallest absolute Gasteiger partial charge is 0.247 e. The number of aromatic nitrogens is 3. The lowest BCUT2D eigenvalue weighted by atomic mass is 10.1. The normalized spacial score (nSPS) is 10.8. The number of anilines is 4. The van der Waals surface area contributed by atoms with Crippen molar-refractivity contribution < 1.29 is 14.3 Å². The molecule has 0 aliphatic carbocycles. The van der Waals surface area contributed by atoms with Gasteiger partial charge >= 0.3 is 0 Å². The van der Waals surface area contributed by atoms with E-state index in [-0.39, 0.29) is 5.91 Å². The van der Waals surface area contributed by atoms with Gasteiger partial charge in [-0.15, -0.1) is 0 Å². The van der Waals surface area contributed by atoms with Crippen LogP contribution in [0.1, 0.15) is 11.1 Å². The molecule has 0 saturated heterocycles. The van der Waals surface area contributed by atoms with Crippen molar-refractivity contribution in [2.24, 2.45) is 0 Å². The molecule has 2 heterocycles. The number of rotatable bonds is 11. The van der Waals surface area contributed by atoms with Crippen molar-refractivity contribution in [1.29, 1.82) is 0 Å². The predicted octanol–water partition coefficient (Wildman–Crippen LogP) is 7.85. The Morgan fingerprint density at radius 1 is 0.977 bits per heavy atom. The van der Waals surface area contributed by atoms with Gasteiger partial charge in [0.05, 0.1) is 41.3 Å². The summed E-state index contributed by atoms with van der Waals surface area (Å²) in [5.41, 5.74) is 4.83. The minimum absolute atomic E-state index is 0.299. The van der Waals surface area contributed by atoms with Crippen molar-refractivity contribution in [2.45, 2.75) is 13.3 Å². The quantitative estimate of drug-likeness (QED) is 0.127. The molecular weight excluding hydrogens is 599 g/mol. The van der Waals surface area contributed by atoms with Crippen LogP contribution in [0.15, 0.2) is 79.5 Å². The lowest BCUT2D eigenvalue weighted by molar-refractivity contribution is -0.111. The zero-order valence-corrected chi connectivity index (χ0v) is 25.9. The van der Waals surface area contributed by atoms with E-state index in [0.717, 1.165) is 12.0 Å². The molecule has 0 unspecified atom stereocenters. The van der Waals surface area contributed by atoms with E-state index in [1.54, 1.807) is 18.3 Å². The topological polar surface area (TPSA) is 110 Å². The average molecular weight is 630 g/mol. The van der Waals surface area contributed by atoms with Crippen LogP contribution in [-0.4, -0.2) is 41.6 Å². The number of fused-ring (bicyclic) bond motifs is 1. The van der Waals surface area contributed by atoms with Crippen LogP contribution in [0.2, 0.25) is 10.0 Å². The SMILES string of the molecule is C=CC(=O)Nc1cccc(C)c1Nc1ncc2cc(-c3c(Cl)c(OC)cc(OC)c3Cl)nc(NCCc3ccccc3)c2n1. The van der Waals surface area contributed by atoms with E-state index in [9.17, 15) is 4.79 Å². The zero-order valence-electron chi connectivity index (χ0n) is 24.4. The number of hydrogen-bond donors (Lipinski definition) is 3. The molecule has 9 nitrogen and oxygen atoms in total. The molecule has 0 aliphatic rings. The van der Waals surface area contributed by atoms with E-state index in [1.165, 1.54) is 25.9 Å². The Bertz CT molecular complexity index is 1820. The first-order valence-corrected chi connectivity index (χ1v) is 14.4. The number of aryl methyl sites for hydroxylation is 1. The number of nitrogens with zero attached hydrogens (tertiary/aromatic N) is 3. The van der Waals surface area contributed by atoms with Crippen molar-refractivity contribution in [1.82, 2.24) is 15.0 Å². The van der Waals surface area contributed by atoms with E-state index in [1.807, 2.05) is 43.3 Å². The second-order valence-electron chi connectivity index (χ2n) is 9.75. The minimum atomic E-state index is -0.328. The molecule has 0 bridgehead atoms. The van der Waals surface area contributed by atoms with Crippen LogP contribution in [0, 0.1) is 6.92 Å². The second-order valence-corrected chi connectivity index (χ2v) is 10.5. The maximum absolute atomic E-state index is 12.1. The Morgan fingerprint density at radius 2 is 1.70 bits per heavy atom. The molecule has 3 N–H and O–H groups in total. The molecule has 2 aromatic heterocycles. The van der Waals surface area contributed by atoms with Crippen molar-refractivity contribution in [3.8, 4) is 22.8 Å². The monoisotopic (exact) mass is 628 g/mol. The summed E-state index contributed by atoms with van der Waals surface area (Å²) in [7, 11) is 3.04. The molecule has 0 aliphatic heterocycles. The molecule has 224 valence electrons. The van der Waals surface area contributed by atoms with Crippen LogP contribution >= 0.6 is 23.2 Å². The fraction of sp³-hybridized carbons (Fsp3) is 0.152. The Balaban J connectivity index is 1.60. The van der Waals surface area contributed by atoms with Crippen LogP contribution in [-0.2, 0) is 11.2 Å². The van der Waals surface area contributed by atoms with E-state index >= 15 is 0 Å². The Kier molecular flexibility index (Phi) is 9.47. The van der Waals surface area contributed by atoms with Gasteiger partial charge in [0.1, 0.15) is 17.0 Å². The maximum atomic E-state index is 12.1. The lowest BCUT2D eigenvalue weighted by Crippen LogP contribution is -2.11. The first-order chi connectivity index (χ1) is 21.3. The molecule has 1 amide bonds. The number of hydrogen-bond acceptors (Lipinski definition) is 8. The largest absolute Gasteiger partial charge is 0.495 e. The molecule has 0 atom stereocenters. The van der Waals surface area contributed by atoms with Crippen LogP contribution in [0.5, 0.6) is 11.5 Å². The lowest BCUT2D eigenvalue weighted by Gasteiger charge is -2.17. The van der Waals surface area contributed by atoms with Crippen molar-refractivity contribution in [3.05, 3.63) is 101 Å². The summed E-state index contributed by atoms with van der Waals surface area (Å²) in [6, 6.07) is 19.2. The highest BCUT2D eigenvalue weighted by Gasteiger charge is 2.22. The van der Waals surface area contributed by atoms with Crippen LogP contribution in [0.3, 0.4) is 0 Å². The first kappa shape index (κ1) is 30.6. The van der Waals surface area contributed by atoms with Gasteiger partial charge in [-0.3, -0.25) is 4.79 Å². The summed E-state index contributed by atoms with van der Waals surface area (Å²) in [6.07, 6.45) is 3.66. The van der Waals surface area contributed by atoms with Gasteiger partial charge in [0.15, 0.2) is 5.82 Å². The summed E-state index contributed by atoms with van der Waals surface area (Å²) in [5.74, 6) is 1.30. The summed E-state index contributed by atoms with van der Waals surface area (Å²) < 4.78 is 11.0. The molecular formula is C33H30Cl2N6O3. The molecule has 3 aromatic carbocycles. The Hall–Kier alpha value is -4.86. The van der Waals surface area contributed by atoms with Crippen molar-refractivity contribution in [2.75, 3.05) is 36.7 Å². The Labute approximate surface area is 265 Å². The highest BCUT2D eigenvalue weighted by molar-refractivity contribution is 6.41. The maximum Gasteiger partial charge on any atom is 0.247 e. The molecule has 0 spiro atoms. The minimum Gasteiger partial charge on any atom is -0.495 e. The summed E-state index contributed by atoms with van der Waals surface area (Å²) in [6.45, 7) is 6.05. The van der Waals surface area contributed by atoms with Gasteiger partial charge in [0, 0.05) is 29.8 Å². The first-order valence-electron chi connectivity index (χ1n) is 13.7. The molecule has 5 aromatic rings. The van der Waals surface area contributed by atoms with E-state index in [2.05, 4.69) is 39.6 Å². The number of nitrogens with one attached hydrogen (secondary N) is 3. The molecule has 5 rings (SSSR count).